The van der Waals surface area contributed by atoms with Crippen LogP contribution in [0.5, 0.6) is 0 Å². The van der Waals surface area contributed by atoms with Gasteiger partial charge in [0, 0.05) is 10.3 Å². The summed E-state index contributed by atoms with van der Waals surface area (Å²) in [5.74, 6) is -0.00354. The first kappa shape index (κ1) is 20.7. The van der Waals surface area contributed by atoms with Gasteiger partial charge in [0.25, 0.3) is 5.91 Å². The van der Waals surface area contributed by atoms with E-state index in [9.17, 15) is 13.2 Å². The molecule has 8 heteroatoms. The fourth-order valence-corrected chi connectivity index (χ4v) is 5.10. The number of piperazine rings is 1. The highest BCUT2D eigenvalue weighted by atomic mass is 32.2. The Morgan fingerprint density at radius 3 is 2.57 bits per heavy atom. The number of carbonyl (C=O) groups excluding carboxylic acids is 1. The lowest BCUT2D eigenvalue weighted by Gasteiger charge is -2.30. The molecule has 1 atom stereocenters. The Balaban J connectivity index is 1.47. The van der Waals surface area contributed by atoms with Crippen LogP contribution >= 0.6 is 11.3 Å². The minimum Gasteiger partial charge on any atom is -0.344 e. The number of hydrogen-bond acceptors (Lipinski definition) is 4. The molecule has 1 amide bonds. The van der Waals surface area contributed by atoms with Crippen molar-refractivity contribution in [3.8, 4) is 0 Å². The fraction of sp³-hybridized carbons (Fsp3) is 0.350. The molecule has 1 aliphatic rings. The Labute approximate surface area is 170 Å². The van der Waals surface area contributed by atoms with Crippen molar-refractivity contribution in [2.45, 2.75) is 13.0 Å². The summed E-state index contributed by atoms with van der Waals surface area (Å²) in [6.07, 6.45) is 1.62. The first-order valence-corrected chi connectivity index (χ1v) is 11.7. The minimum atomic E-state index is -3.44. The highest BCUT2D eigenvalue weighted by Gasteiger charge is 2.28. The molecule has 2 N–H and O–H groups in total. The number of rotatable bonds is 7. The number of thiophene rings is 1. The van der Waals surface area contributed by atoms with Gasteiger partial charge in [-0.25, -0.2) is 8.42 Å². The first-order chi connectivity index (χ1) is 13.4. The number of sulfonamides is 1. The van der Waals surface area contributed by atoms with Crippen molar-refractivity contribution in [1.82, 2.24) is 9.62 Å². The van der Waals surface area contributed by atoms with E-state index in [1.807, 2.05) is 54.8 Å². The Morgan fingerprint density at radius 2 is 1.93 bits per heavy atom. The Kier molecular flexibility index (Phi) is 7.01. The molecule has 1 aliphatic heterocycles. The first-order valence-electron chi connectivity index (χ1n) is 9.33. The van der Waals surface area contributed by atoms with E-state index in [4.69, 9.17) is 0 Å². The molecule has 1 fully saturated rings. The Hall–Kier alpha value is -2.00. The van der Waals surface area contributed by atoms with Crippen LogP contribution in [0.25, 0.3) is 6.08 Å². The average molecular weight is 421 g/mol. The number of benzene rings is 1. The third-order valence-corrected chi connectivity index (χ3v) is 7.40. The van der Waals surface area contributed by atoms with Gasteiger partial charge in [0.15, 0.2) is 6.54 Å². The molecular formula is C20H26N3O3S2+. The Morgan fingerprint density at radius 1 is 1.21 bits per heavy atom. The average Bonchev–Trinajstić information content (AvgIpc) is 3.23. The number of amides is 1. The second-order valence-corrected chi connectivity index (χ2v) is 9.69. The molecule has 3 rings (SSSR count). The minimum absolute atomic E-state index is 0.00306. The third-order valence-electron chi connectivity index (χ3n) is 4.78. The number of hydrogen-bond donors (Lipinski definition) is 2. The summed E-state index contributed by atoms with van der Waals surface area (Å²) in [7, 11) is -3.44. The van der Waals surface area contributed by atoms with Crippen molar-refractivity contribution in [1.29, 1.82) is 0 Å². The van der Waals surface area contributed by atoms with Crippen molar-refractivity contribution in [3.63, 3.8) is 0 Å². The molecule has 6 nitrogen and oxygen atoms in total. The van der Waals surface area contributed by atoms with Crippen LogP contribution in [-0.4, -0.2) is 51.4 Å². The molecule has 150 valence electrons. The molecule has 1 aromatic heterocycles. The second kappa shape index (κ2) is 9.47. The predicted molar refractivity (Wildman–Crippen MR) is 112 cm³/mol. The van der Waals surface area contributed by atoms with Crippen LogP contribution in [0.4, 0.5) is 0 Å². The van der Waals surface area contributed by atoms with Gasteiger partial charge < -0.3 is 10.2 Å². The van der Waals surface area contributed by atoms with Crippen molar-refractivity contribution in [2.24, 2.45) is 0 Å². The highest BCUT2D eigenvalue weighted by Crippen LogP contribution is 2.17. The lowest BCUT2D eigenvalue weighted by Crippen LogP contribution is -3.15. The van der Waals surface area contributed by atoms with Gasteiger partial charge in [0.2, 0.25) is 10.0 Å². The maximum Gasteiger partial charge on any atom is 0.275 e. The lowest BCUT2D eigenvalue weighted by atomic mass is 10.2. The van der Waals surface area contributed by atoms with Crippen LogP contribution < -0.4 is 10.2 Å². The fourth-order valence-electron chi connectivity index (χ4n) is 3.18. The summed E-state index contributed by atoms with van der Waals surface area (Å²) in [6, 6.07) is 13.3. The van der Waals surface area contributed by atoms with E-state index in [2.05, 4.69) is 5.32 Å². The number of nitrogens with zero attached hydrogens (tertiary/aromatic N) is 1. The van der Waals surface area contributed by atoms with Gasteiger partial charge in [-0.3, -0.25) is 4.79 Å². The molecule has 0 saturated carbocycles. The molecule has 28 heavy (non-hydrogen) atoms. The van der Waals surface area contributed by atoms with Crippen LogP contribution in [0.1, 0.15) is 23.4 Å². The predicted octanol–water partition coefficient (Wildman–Crippen LogP) is 1.13. The summed E-state index contributed by atoms with van der Waals surface area (Å²) in [5, 5.41) is 6.28. The van der Waals surface area contributed by atoms with E-state index in [1.54, 1.807) is 17.4 Å². The van der Waals surface area contributed by atoms with E-state index in [0.717, 1.165) is 15.3 Å². The van der Waals surface area contributed by atoms with Crippen LogP contribution in [0.15, 0.2) is 53.3 Å². The SMILES string of the molecule is C[C@@H](NC(=O)C[NH+]1CCN(S(=O)(=O)/C=C/c2ccccc2)CC1)c1cccs1. The van der Waals surface area contributed by atoms with Crippen LogP contribution in [-0.2, 0) is 14.8 Å². The van der Waals surface area contributed by atoms with Crippen molar-refractivity contribution in [3.05, 3.63) is 63.7 Å². The normalized spacial score (nSPS) is 17.6. The zero-order chi connectivity index (χ0) is 20.0. The quantitative estimate of drug-likeness (QED) is 0.705. The van der Waals surface area contributed by atoms with E-state index in [1.165, 1.54) is 9.71 Å². The van der Waals surface area contributed by atoms with Gasteiger partial charge in [0.1, 0.15) is 0 Å². The Bertz CT molecular complexity index is 888. The van der Waals surface area contributed by atoms with Crippen LogP contribution in [0.2, 0.25) is 0 Å². The summed E-state index contributed by atoms with van der Waals surface area (Å²) in [5.41, 5.74) is 0.854. The van der Waals surface area contributed by atoms with Crippen LogP contribution in [0.3, 0.4) is 0 Å². The summed E-state index contributed by atoms with van der Waals surface area (Å²) < 4.78 is 26.5. The molecule has 0 spiro atoms. The van der Waals surface area contributed by atoms with Gasteiger partial charge in [0.05, 0.1) is 32.2 Å². The molecule has 0 radical (unpaired) electrons. The maximum atomic E-state index is 12.5. The van der Waals surface area contributed by atoms with E-state index < -0.39 is 10.0 Å². The van der Waals surface area contributed by atoms with Gasteiger partial charge in [-0.2, -0.15) is 4.31 Å². The summed E-state index contributed by atoms with van der Waals surface area (Å²) >= 11 is 1.62. The number of carbonyl (C=O) groups is 1. The number of nitrogens with one attached hydrogen (secondary N) is 2. The van der Waals surface area contributed by atoms with Gasteiger partial charge in [-0.1, -0.05) is 36.4 Å². The van der Waals surface area contributed by atoms with Crippen molar-refractivity contribution < 1.29 is 18.1 Å². The van der Waals surface area contributed by atoms with Crippen molar-refractivity contribution >= 4 is 33.3 Å². The summed E-state index contributed by atoms with van der Waals surface area (Å²) in [6.45, 7) is 4.43. The zero-order valence-electron chi connectivity index (χ0n) is 15.9. The molecule has 0 aliphatic carbocycles. The topological polar surface area (TPSA) is 70.9 Å². The highest BCUT2D eigenvalue weighted by molar-refractivity contribution is 7.92. The van der Waals surface area contributed by atoms with Crippen molar-refractivity contribution in [2.75, 3.05) is 32.7 Å². The molecule has 0 unspecified atom stereocenters. The van der Waals surface area contributed by atoms with E-state index in [0.29, 0.717) is 32.7 Å². The van der Waals surface area contributed by atoms with Gasteiger partial charge in [-0.15, -0.1) is 11.3 Å². The number of quaternary nitrogens is 1. The molecule has 2 aromatic rings. The van der Waals surface area contributed by atoms with Crippen LogP contribution in [0, 0.1) is 0 Å². The largest absolute Gasteiger partial charge is 0.344 e. The third kappa shape index (κ3) is 5.75. The zero-order valence-corrected chi connectivity index (χ0v) is 17.5. The monoisotopic (exact) mass is 420 g/mol. The van der Waals surface area contributed by atoms with Gasteiger partial charge >= 0.3 is 0 Å². The van der Waals surface area contributed by atoms with Gasteiger partial charge in [-0.05, 0) is 30.0 Å². The molecular weight excluding hydrogens is 394 g/mol. The maximum absolute atomic E-state index is 12.5. The molecule has 0 bridgehead atoms. The lowest BCUT2D eigenvalue weighted by molar-refractivity contribution is -0.895. The second-order valence-electron chi connectivity index (χ2n) is 6.89. The standard InChI is InChI=1S/C20H25N3O3S2/c1-17(19-8-5-14-27-19)21-20(24)16-22-10-12-23(13-11-22)28(25,26)15-9-18-6-3-2-4-7-18/h2-9,14-15,17H,10-13,16H2,1H3,(H,21,24)/p+1/b15-9+/t17-/m1/s1. The summed E-state index contributed by atoms with van der Waals surface area (Å²) in [4.78, 5) is 14.5. The molecule has 2 heterocycles. The molecule has 1 saturated heterocycles. The van der Waals surface area contributed by atoms with E-state index >= 15 is 0 Å². The van der Waals surface area contributed by atoms with E-state index in [-0.39, 0.29) is 11.9 Å². The molecule has 1 aromatic carbocycles. The smallest absolute Gasteiger partial charge is 0.275 e.